The summed E-state index contributed by atoms with van der Waals surface area (Å²) in [5.74, 6) is 0. The maximum absolute atomic E-state index is 9.81. The molecule has 0 unspecified atom stereocenters. The molecular weight excluding hydrogens is 605 g/mol. The van der Waals surface area contributed by atoms with E-state index in [0.717, 1.165) is 0 Å². The second-order valence-corrected chi connectivity index (χ2v) is 11.0. The number of rotatable bonds is 4. The standard InChI is InChI=1S/C49H32O/c1-31-29-34(25-27-36(31)39-23-11-16-32-15-5-6-17-37(32)39)47-41-18-7-9-20-43(41)48(44-21-10-8-19-42(44)47)35-26-28-40-45-24-12-22-38(33-13-3-2-4-14-33)49(45)50-46(40)30-35/h2-30H,1H3/i2D,3D,4D,5D,6D,7D,8D,9D,10D,11D,12D,13D,14D,15D,16D,17D,18D,19D,20D,21D,22D,23D,24D,25D,26D,27D,28D,29D,30D. The van der Waals surface area contributed by atoms with Crippen molar-refractivity contribution in [2.75, 3.05) is 0 Å². The van der Waals surface area contributed by atoms with Gasteiger partial charge in [-0.3, -0.25) is 0 Å². The van der Waals surface area contributed by atoms with E-state index in [0.29, 0.717) is 0 Å². The predicted octanol–water partition coefficient (Wildman–Crippen LogP) is 14.0. The van der Waals surface area contributed by atoms with E-state index >= 15 is 0 Å². The number of hydrogen-bond donors (Lipinski definition) is 0. The number of hydrogen-bond acceptors (Lipinski definition) is 1. The molecule has 0 N–H and O–H groups in total. The van der Waals surface area contributed by atoms with Crippen LogP contribution in [0.5, 0.6) is 0 Å². The third-order valence-electron chi connectivity index (χ3n) is 8.25. The van der Waals surface area contributed by atoms with Crippen LogP contribution in [-0.2, 0) is 0 Å². The van der Waals surface area contributed by atoms with Gasteiger partial charge in [-0.1, -0.05) is 163 Å². The molecule has 0 saturated heterocycles. The van der Waals surface area contributed by atoms with Crippen molar-refractivity contribution in [1.29, 1.82) is 0 Å². The Labute approximate surface area is 331 Å². The third kappa shape index (κ3) is 4.41. The predicted molar refractivity (Wildman–Crippen MR) is 213 cm³/mol. The van der Waals surface area contributed by atoms with Crippen LogP contribution in [0.4, 0.5) is 0 Å². The Bertz CT molecular complexity index is 4450. The quantitative estimate of drug-likeness (QED) is 0.171. The molecule has 1 aromatic heterocycles. The van der Waals surface area contributed by atoms with E-state index in [1.54, 1.807) is 0 Å². The van der Waals surface area contributed by atoms with E-state index < -0.39 is 274 Å². The van der Waals surface area contributed by atoms with Gasteiger partial charge in [-0.15, -0.1) is 0 Å². The molecule has 10 aromatic rings. The molecule has 0 amide bonds. The summed E-state index contributed by atoms with van der Waals surface area (Å²) in [6, 6.07) is -25.8. The summed E-state index contributed by atoms with van der Waals surface area (Å²) in [6.45, 7) is 1.20. The second kappa shape index (κ2) is 11.3. The average Bonchev–Trinajstić information content (AvgIpc) is 4.05. The van der Waals surface area contributed by atoms with Crippen molar-refractivity contribution in [2.24, 2.45) is 0 Å². The van der Waals surface area contributed by atoms with Gasteiger partial charge >= 0.3 is 0 Å². The van der Waals surface area contributed by atoms with Crippen molar-refractivity contribution >= 4 is 54.3 Å². The van der Waals surface area contributed by atoms with Gasteiger partial charge in [0.2, 0.25) is 0 Å². The van der Waals surface area contributed by atoms with Gasteiger partial charge in [0, 0.05) is 16.3 Å². The zero-order chi connectivity index (χ0) is 58.4. The van der Waals surface area contributed by atoms with Crippen molar-refractivity contribution in [3.05, 3.63) is 181 Å². The van der Waals surface area contributed by atoms with Gasteiger partial charge in [0.1, 0.15) is 11.2 Å². The molecule has 1 heteroatoms. The normalized spacial score (nSPS) is 19.8. The minimum atomic E-state index is -1.00. The Hall–Kier alpha value is -6.44. The van der Waals surface area contributed by atoms with E-state index in [1.807, 2.05) is 0 Å². The molecule has 0 bridgehead atoms. The van der Waals surface area contributed by atoms with E-state index in [9.17, 15) is 13.7 Å². The summed E-state index contributed by atoms with van der Waals surface area (Å²) in [5.41, 5.74) is -6.93. The maximum Gasteiger partial charge on any atom is 0.143 e. The Kier molecular flexibility index (Phi) is 2.69. The van der Waals surface area contributed by atoms with Crippen LogP contribution in [0.15, 0.2) is 180 Å². The highest BCUT2D eigenvalue weighted by Gasteiger charge is 2.19. The average molecular weight is 666 g/mol. The number of benzene rings is 9. The van der Waals surface area contributed by atoms with Gasteiger partial charge in [0.15, 0.2) is 0 Å². The summed E-state index contributed by atoms with van der Waals surface area (Å²) >= 11 is 0. The van der Waals surface area contributed by atoms with Crippen molar-refractivity contribution < 1.29 is 44.2 Å². The molecule has 1 nitrogen and oxygen atoms in total. The minimum absolute atomic E-state index is 0.345. The number of furan rings is 1. The molecule has 0 fully saturated rings. The van der Waals surface area contributed by atoms with Gasteiger partial charge in [-0.05, 0) is 95.8 Å². The Balaban J connectivity index is 1.43. The second-order valence-electron chi connectivity index (χ2n) is 11.0. The lowest BCUT2D eigenvalue weighted by atomic mass is 9.84. The largest absolute Gasteiger partial charge is 0.455 e. The van der Waals surface area contributed by atoms with E-state index in [-0.39, 0.29) is 5.56 Å². The first kappa shape index (κ1) is 11.9. The van der Waals surface area contributed by atoms with Crippen LogP contribution in [0.1, 0.15) is 45.3 Å². The molecule has 0 aliphatic heterocycles. The zero-order valence-corrected chi connectivity index (χ0v) is 25.4. The summed E-state index contributed by atoms with van der Waals surface area (Å²) in [4.78, 5) is 0. The van der Waals surface area contributed by atoms with Crippen molar-refractivity contribution in [3.63, 3.8) is 0 Å². The van der Waals surface area contributed by atoms with Crippen LogP contribution >= 0.6 is 0 Å². The zero-order valence-electron chi connectivity index (χ0n) is 54.4. The van der Waals surface area contributed by atoms with Gasteiger partial charge in [0.05, 0.1) is 39.8 Å². The molecule has 0 spiro atoms. The molecule has 10 rings (SSSR count). The smallest absolute Gasteiger partial charge is 0.143 e. The SMILES string of the molecule is [2H]c1c([2H])c([2H])c(-c2c([2H])c([2H])c([2H])c3c2oc2c([2H])c(-c4c5c([2H])c([2H])c([2H])c([2H])c5c(-c5c([2H])c([2H])c(-c6c([2H])c([2H])c([2H])c7c([2H])c([2H])c([2H])c([2H])c67)c(C)c5[2H])c5c([2H])c([2H])c([2H])c([2H])c45)c([2H])c([2H])c23)c([2H])c1[2H]. The van der Waals surface area contributed by atoms with Crippen molar-refractivity contribution in [1.82, 2.24) is 0 Å². The lowest BCUT2D eigenvalue weighted by molar-refractivity contribution is 0.670. The van der Waals surface area contributed by atoms with Gasteiger partial charge in [-0.25, -0.2) is 0 Å². The Morgan fingerprint density at radius 3 is 1.64 bits per heavy atom. The maximum atomic E-state index is 9.81. The van der Waals surface area contributed by atoms with Gasteiger partial charge < -0.3 is 4.42 Å². The van der Waals surface area contributed by atoms with E-state index in [1.165, 1.54) is 6.92 Å². The highest BCUT2D eigenvalue weighted by molar-refractivity contribution is 6.22. The fraction of sp³-hybridized carbons (Fsp3) is 0.0204. The molecule has 0 saturated carbocycles. The fourth-order valence-electron chi connectivity index (χ4n) is 6.09. The molecule has 234 valence electrons. The molecule has 0 aliphatic carbocycles. The van der Waals surface area contributed by atoms with Gasteiger partial charge in [0.25, 0.3) is 0 Å². The van der Waals surface area contributed by atoms with E-state index in [2.05, 4.69) is 0 Å². The van der Waals surface area contributed by atoms with Crippen molar-refractivity contribution in [2.45, 2.75) is 6.92 Å². The first-order valence-electron chi connectivity index (χ1n) is 29.4. The molecule has 9 aromatic carbocycles. The Morgan fingerprint density at radius 2 is 0.920 bits per heavy atom. The third-order valence-corrected chi connectivity index (χ3v) is 8.25. The topological polar surface area (TPSA) is 13.1 Å². The van der Waals surface area contributed by atoms with Crippen LogP contribution in [0.3, 0.4) is 0 Å². The molecule has 0 aliphatic rings. The van der Waals surface area contributed by atoms with Crippen LogP contribution in [-0.4, -0.2) is 0 Å². The lowest BCUT2D eigenvalue weighted by Gasteiger charge is -2.19. The summed E-state index contributed by atoms with van der Waals surface area (Å²) in [6.07, 6.45) is 0. The fourth-order valence-corrected chi connectivity index (χ4v) is 6.09. The Morgan fingerprint density at radius 1 is 0.380 bits per heavy atom. The van der Waals surface area contributed by atoms with Crippen LogP contribution in [0.2, 0.25) is 0 Å². The summed E-state index contributed by atoms with van der Waals surface area (Å²) in [7, 11) is 0. The minimum Gasteiger partial charge on any atom is -0.455 e. The number of para-hydroxylation sites is 1. The molecule has 1 heterocycles. The molecule has 0 radical (unpaired) electrons. The molecule has 50 heavy (non-hydrogen) atoms. The lowest BCUT2D eigenvalue weighted by Crippen LogP contribution is -1.92. The highest BCUT2D eigenvalue weighted by Crippen LogP contribution is 2.46. The highest BCUT2D eigenvalue weighted by atomic mass is 16.3. The number of fused-ring (bicyclic) bond motifs is 6. The summed E-state index contributed by atoms with van der Waals surface area (Å²) in [5, 5.41) is -4.91. The van der Waals surface area contributed by atoms with Gasteiger partial charge in [-0.2, -0.15) is 0 Å². The molecule has 0 atom stereocenters. The van der Waals surface area contributed by atoms with Crippen LogP contribution < -0.4 is 0 Å². The first-order valence-corrected chi connectivity index (χ1v) is 14.9. The molecular formula is C49H32O. The monoisotopic (exact) mass is 665 g/mol. The first-order chi connectivity index (χ1) is 36.8. The van der Waals surface area contributed by atoms with Crippen molar-refractivity contribution in [3.8, 4) is 44.5 Å². The van der Waals surface area contributed by atoms with Crippen LogP contribution in [0.25, 0.3) is 98.8 Å². The van der Waals surface area contributed by atoms with E-state index in [4.69, 9.17) is 30.5 Å². The van der Waals surface area contributed by atoms with Crippen LogP contribution in [0, 0.1) is 6.92 Å². The summed E-state index contributed by atoms with van der Waals surface area (Å²) < 4.78 is 267.